The van der Waals surface area contributed by atoms with Crippen LogP contribution < -0.4 is 9.80 Å². The van der Waals surface area contributed by atoms with Crippen LogP contribution in [-0.2, 0) is 4.79 Å². The second-order valence-corrected chi connectivity index (χ2v) is 6.50. The maximum Gasteiger partial charge on any atom is 0.228 e. The van der Waals surface area contributed by atoms with Gasteiger partial charge >= 0.3 is 0 Å². The van der Waals surface area contributed by atoms with Crippen LogP contribution in [0.3, 0.4) is 0 Å². The molecule has 0 N–H and O–H groups in total. The Bertz CT molecular complexity index is 604. The Balaban J connectivity index is 1.71. The molecule has 1 atom stereocenters. The van der Waals surface area contributed by atoms with Crippen LogP contribution in [0, 0.1) is 0 Å². The first-order valence-electron chi connectivity index (χ1n) is 6.31. The van der Waals surface area contributed by atoms with Crippen molar-refractivity contribution in [1.82, 2.24) is 0 Å². The van der Waals surface area contributed by atoms with Crippen LogP contribution in [0.2, 0.25) is 0 Å². The normalized spacial score (nSPS) is 24.8. The minimum Gasteiger partial charge on any atom is -0.318 e. The summed E-state index contributed by atoms with van der Waals surface area (Å²) < 4.78 is 0. The van der Waals surface area contributed by atoms with E-state index in [1.807, 2.05) is 6.07 Å². The van der Waals surface area contributed by atoms with Gasteiger partial charge in [-0.15, -0.1) is 11.6 Å². The lowest BCUT2D eigenvalue weighted by molar-refractivity contribution is -0.117. The molecule has 3 aliphatic heterocycles. The zero-order chi connectivity index (χ0) is 13.0. The topological polar surface area (TPSA) is 35.9 Å². The molecular weight excluding hydrogens is 282 g/mol. The number of halogens is 1. The van der Waals surface area contributed by atoms with Crippen molar-refractivity contribution in [3.63, 3.8) is 0 Å². The Hall–Kier alpha value is -1.20. The fourth-order valence-electron chi connectivity index (χ4n) is 2.72. The molecule has 3 heterocycles. The number of anilines is 2. The van der Waals surface area contributed by atoms with Crippen molar-refractivity contribution in [2.24, 2.45) is 4.99 Å². The number of thioether (sulfide) groups is 1. The highest BCUT2D eigenvalue weighted by molar-refractivity contribution is 8.14. The Kier molecular flexibility index (Phi) is 2.53. The van der Waals surface area contributed by atoms with Gasteiger partial charge in [0, 0.05) is 30.1 Å². The highest BCUT2D eigenvalue weighted by atomic mass is 35.5. The molecule has 1 aromatic rings. The van der Waals surface area contributed by atoms with Crippen molar-refractivity contribution < 1.29 is 4.79 Å². The van der Waals surface area contributed by atoms with E-state index in [9.17, 15) is 4.79 Å². The first-order valence-corrected chi connectivity index (χ1v) is 7.56. The van der Waals surface area contributed by atoms with E-state index >= 15 is 0 Å². The molecule has 1 aromatic carbocycles. The summed E-state index contributed by atoms with van der Waals surface area (Å²) in [6, 6.07) is 6.16. The van der Waals surface area contributed by atoms with Gasteiger partial charge in [0.2, 0.25) is 5.91 Å². The minimum absolute atomic E-state index is 0.0703. The third kappa shape index (κ3) is 1.75. The summed E-state index contributed by atoms with van der Waals surface area (Å²) in [6.45, 7) is 2.40. The van der Waals surface area contributed by atoms with E-state index in [-0.39, 0.29) is 11.3 Å². The number of hydrogen-bond donors (Lipinski definition) is 0. The number of fused-ring (bicyclic) bond motifs is 3. The van der Waals surface area contributed by atoms with Crippen molar-refractivity contribution in [1.29, 1.82) is 0 Å². The molecule has 0 radical (unpaired) electrons. The fraction of sp³-hybridized carbons (Fsp3) is 0.385. The maximum atomic E-state index is 11.9. The summed E-state index contributed by atoms with van der Waals surface area (Å²) in [5, 5.41) is 1.01. The van der Waals surface area contributed by atoms with Crippen LogP contribution in [0.25, 0.3) is 0 Å². The van der Waals surface area contributed by atoms with Gasteiger partial charge in [0.05, 0.1) is 17.6 Å². The number of alkyl halides is 1. The molecule has 6 heteroatoms. The molecule has 98 valence electrons. The number of aliphatic imine (C=N–C) groups is 1. The standard InChI is InChI=1S/C13H12ClN3OS/c14-8-5-12(18)17(7-8)9-1-2-11-10(6-9)16-4-3-15-13(16)19-11/h1-2,6,8H,3-5,7H2. The van der Waals surface area contributed by atoms with E-state index in [0.717, 1.165) is 23.9 Å². The van der Waals surface area contributed by atoms with Crippen molar-refractivity contribution in [2.45, 2.75) is 16.7 Å². The smallest absolute Gasteiger partial charge is 0.228 e. The second-order valence-electron chi connectivity index (χ2n) is 4.88. The zero-order valence-electron chi connectivity index (χ0n) is 10.2. The molecule has 19 heavy (non-hydrogen) atoms. The number of carbonyl (C=O) groups excluding carboxylic acids is 1. The van der Waals surface area contributed by atoms with E-state index in [2.05, 4.69) is 22.0 Å². The molecule has 0 aliphatic carbocycles. The molecular formula is C13H12ClN3OS. The van der Waals surface area contributed by atoms with Crippen molar-refractivity contribution in [3.05, 3.63) is 18.2 Å². The first-order chi connectivity index (χ1) is 9.22. The van der Waals surface area contributed by atoms with Crippen LogP contribution in [0.1, 0.15) is 6.42 Å². The van der Waals surface area contributed by atoms with E-state index in [1.54, 1.807) is 16.7 Å². The van der Waals surface area contributed by atoms with Gasteiger partial charge in [-0.1, -0.05) is 0 Å². The van der Waals surface area contributed by atoms with Gasteiger partial charge in [0.25, 0.3) is 0 Å². The van der Waals surface area contributed by atoms with E-state index < -0.39 is 0 Å². The molecule has 4 nitrogen and oxygen atoms in total. The number of nitrogens with zero attached hydrogens (tertiary/aromatic N) is 3. The van der Waals surface area contributed by atoms with E-state index in [1.165, 1.54) is 10.6 Å². The van der Waals surface area contributed by atoms with Crippen molar-refractivity contribution in [3.8, 4) is 0 Å². The second kappa shape index (κ2) is 4.15. The molecule has 3 aliphatic rings. The summed E-state index contributed by atoms with van der Waals surface area (Å²) in [4.78, 5) is 21.6. The van der Waals surface area contributed by atoms with Gasteiger partial charge in [0.15, 0.2) is 5.17 Å². The number of benzene rings is 1. The Labute approximate surface area is 120 Å². The molecule has 0 saturated carbocycles. The maximum absolute atomic E-state index is 11.9. The number of hydrogen-bond acceptors (Lipinski definition) is 4. The first kappa shape index (κ1) is 11.6. The minimum atomic E-state index is -0.0703. The summed E-state index contributed by atoms with van der Waals surface area (Å²) >= 11 is 7.77. The molecule has 0 spiro atoms. The van der Waals surface area contributed by atoms with Gasteiger partial charge in [-0.3, -0.25) is 9.79 Å². The average Bonchev–Trinajstić information content (AvgIpc) is 3.03. The lowest BCUT2D eigenvalue weighted by Gasteiger charge is -2.19. The Morgan fingerprint density at radius 3 is 3.05 bits per heavy atom. The van der Waals surface area contributed by atoms with Crippen LogP contribution >= 0.6 is 23.4 Å². The predicted octanol–water partition coefficient (Wildman–Crippen LogP) is 2.31. The molecule has 1 saturated heterocycles. The lowest BCUT2D eigenvalue weighted by Crippen LogP contribution is -2.25. The number of rotatable bonds is 1. The van der Waals surface area contributed by atoms with Gasteiger partial charge in [-0.25, -0.2) is 0 Å². The highest BCUT2D eigenvalue weighted by Gasteiger charge is 2.33. The highest BCUT2D eigenvalue weighted by Crippen LogP contribution is 2.44. The van der Waals surface area contributed by atoms with E-state index in [0.29, 0.717) is 13.0 Å². The van der Waals surface area contributed by atoms with Crippen LogP contribution in [0.15, 0.2) is 28.1 Å². The Morgan fingerprint density at radius 2 is 2.26 bits per heavy atom. The third-order valence-electron chi connectivity index (χ3n) is 3.63. The number of amides is 1. The van der Waals surface area contributed by atoms with E-state index in [4.69, 9.17) is 11.6 Å². The van der Waals surface area contributed by atoms with Crippen LogP contribution in [0.4, 0.5) is 11.4 Å². The number of carbonyl (C=O) groups is 1. The SMILES string of the molecule is O=C1CC(Cl)CN1c1ccc2c(c1)N1CCN=C1S2. The molecule has 4 rings (SSSR count). The molecule has 0 aromatic heterocycles. The van der Waals surface area contributed by atoms with Crippen molar-refractivity contribution >= 4 is 45.8 Å². The third-order valence-corrected chi connectivity index (χ3v) is 5.02. The lowest BCUT2D eigenvalue weighted by atomic mass is 10.2. The van der Waals surface area contributed by atoms with Crippen LogP contribution in [0.5, 0.6) is 0 Å². The van der Waals surface area contributed by atoms with Gasteiger partial charge in [-0.2, -0.15) is 0 Å². The molecule has 1 amide bonds. The predicted molar refractivity (Wildman–Crippen MR) is 78.6 cm³/mol. The number of amidine groups is 1. The fourth-order valence-corrected chi connectivity index (χ4v) is 4.05. The molecule has 1 unspecified atom stereocenters. The largest absolute Gasteiger partial charge is 0.318 e. The van der Waals surface area contributed by atoms with Gasteiger partial charge < -0.3 is 9.80 Å². The summed E-state index contributed by atoms with van der Waals surface area (Å²) in [7, 11) is 0. The summed E-state index contributed by atoms with van der Waals surface area (Å²) in [6.07, 6.45) is 0.434. The monoisotopic (exact) mass is 293 g/mol. The van der Waals surface area contributed by atoms with Gasteiger partial charge in [-0.05, 0) is 30.0 Å². The molecule has 1 fully saturated rings. The van der Waals surface area contributed by atoms with Crippen LogP contribution in [-0.4, -0.2) is 36.1 Å². The Morgan fingerprint density at radius 1 is 1.37 bits per heavy atom. The molecule has 0 bridgehead atoms. The van der Waals surface area contributed by atoms with Crippen molar-refractivity contribution in [2.75, 3.05) is 29.4 Å². The quantitative estimate of drug-likeness (QED) is 0.746. The summed E-state index contributed by atoms with van der Waals surface area (Å²) in [5.41, 5.74) is 2.12. The average molecular weight is 294 g/mol. The van der Waals surface area contributed by atoms with Gasteiger partial charge in [0.1, 0.15) is 0 Å². The zero-order valence-corrected chi connectivity index (χ0v) is 11.7. The summed E-state index contributed by atoms with van der Waals surface area (Å²) in [5.74, 6) is 0.112.